The minimum Gasteiger partial charge on any atom is -0.467 e. The van der Waals surface area contributed by atoms with Crippen molar-refractivity contribution in [1.82, 2.24) is 15.2 Å². The highest BCUT2D eigenvalue weighted by molar-refractivity contribution is 5.85. The zero-order valence-electron chi connectivity index (χ0n) is 14.1. The van der Waals surface area contributed by atoms with Crippen molar-refractivity contribution in [3.63, 3.8) is 0 Å². The molecule has 132 valence electrons. The van der Waals surface area contributed by atoms with Crippen molar-refractivity contribution in [2.45, 2.75) is 50.7 Å². The molecule has 2 amide bonds. The summed E-state index contributed by atoms with van der Waals surface area (Å²) in [5.74, 6) is 0.463. The Bertz CT molecular complexity index is 666. The van der Waals surface area contributed by atoms with E-state index in [4.69, 9.17) is 4.42 Å². The monoisotopic (exact) mass is 341 g/mol. The van der Waals surface area contributed by atoms with Crippen LogP contribution >= 0.6 is 0 Å². The number of hydrogen-bond acceptors (Lipinski definition) is 4. The molecule has 1 aliphatic carbocycles. The van der Waals surface area contributed by atoms with E-state index in [1.54, 1.807) is 36.9 Å². The molecule has 1 atom stereocenters. The zero-order chi connectivity index (χ0) is 17.5. The second-order valence-electron chi connectivity index (χ2n) is 6.39. The molecular formula is C19H23N3O3. The maximum Gasteiger partial charge on any atom is 0.247 e. The van der Waals surface area contributed by atoms with Crippen LogP contribution < -0.4 is 5.32 Å². The lowest BCUT2D eigenvalue weighted by molar-refractivity contribution is -0.134. The van der Waals surface area contributed by atoms with Crippen molar-refractivity contribution in [3.05, 3.63) is 54.2 Å². The summed E-state index contributed by atoms with van der Waals surface area (Å²) in [5.41, 5.74) is 0.689. The molecule has 0 spiro atoms. The van der Waals surface area contributed by atoms with Crippen LogP contribution in [0, 0.1) is 0 Å². The van der Waals surface area contributed by atoms with E-state index < -0.39 is 6.04 Å². The summed E-state index contributed by atoms with van der Waals surface area (Å²) in [6.45, 7) is 0.230. The number of pyridine rings is 1. The van der Waals surface area contributed by atoms with E-state index in [1.807, 2.05) is 6.07 Å². The van der Waals surface area contributed by atoms with Gasteiger partial charge in [0.25, 0.3) is 0 Å². The van der Waals surface area contributed by atoms with Gasteiger partial charge in [0.2, 0.25) is 12.3 Å². The lowest BCUT2D eigenvalue weighted by Crippen LogP contribution is -2.44. The molecule has 0 bridgehead atoms. The van der Waals surface area contributed by atoms with E-state index in [0.29, 0.717) is 17.7 Å². The van der Waals surface area contributed by atoms with Crippen molar-refractivity contribution >= 4 is 12.3 Å². The predicted octanol–water partition coefficient (Wildman–Crippen LogP) is 2.82. The minimum absolute atomic E-state index is 0.168. The van der Waals surface area contributed by atoms with E-state index in [2.05, 4.69) is 10.3 Å². The summed E-state index contributed by atoms with van der Waals surface area (Å²) in [4.78, 5) is 30.3. The van der Waals surface area contributed by atoms with Crippen LogP contribution in [0.4, 0.5) is 0 Å². The summed E-state index contributed by atoms with van der Waals surface area (Å²) in [6.07, 6.45) is 11.0. The van der Waals surface area contributed by atoms with Gasteiger partial charge in [0, 0.05) is 24.0 Å². The molecule has 2 aromatic heterocycles. The molecule has 2 heterocycles. The smallest absolute Gasteiger partial charge is 0.247 e. The first-order valence-electron chi connectivity index (χ1n) is 8.71. The fourth-order valence-corrected chi connectivity index (χ4v) is 3.33. The number of nitrogens with one attached hydrogen (secondary N) is 1. The van der Waals surface area contributed by atoms with Gasteiger partial charge in [-0.15, -0.1) is 0 Å². The molecule has 0 aromatic carbocycles. The second kappa shape index (κ2) is 8.46. The first-order chi connectivity index (χ1) is 12.3. The van der Waals surface area contributed by atoms with Gasteiger partial charge in [-0.2, -0.15) is 0 Å². The van der Waals surface area contributed by atoms with E-state index >= 15 is 0 Å². The molecule has 6 heteroatoms. The number of aromatic nitrogens is 1. The number of carbonyl (C=O) groups is 2. The Morgan fingerprint density at radius 3 is 2.80 bits per heavy atom. The number of hydrogen-bond donors (Lipinski definition) is 1. The Labute approximate surface area is 147 Å². The fraction of sp³-hybridized carbons (Fsp3) is 0.421. The molecule has 1 unspecified atom stereocenters. The summed E-state index contributed by atoms with van der Waals surface area (Å²) >= 11 is 0. The number of rotatable bonds is 7. The maximum absolute atomic E-state index is 13.0. The Balaban J connectivity index is 1.80. The third kappa shape index (κ3) is 4.47. The third-order valence-electron chi connectivity index (χ3n) is 4.59. The highest BCUT2D eigenvalue weighted by Crippen LogP contribution is 2.24. The van der Waals surface area contributed by atoms with Gasteiger partial charge in [0.1, 0.15) is 11.8 Å². The Hall–Kier alpha value is -2.63. The SMILES string of the molecule is O=CN(Cc1ccco1)C(C(=O)NC1CCCCC1)c1cccnc1. The Kier molecular flexibility index (Phi) is 5.82. The number of nitrogens with zero attached hydrogens (tertiary/aromatic N) is 2. The zero-order valence-corrected chi connectivity index (χ0v) is 14.1. The largest absolute Gasteiger partial charge is 0.467 e. The van der Waals surface area contributed by atoms with Crippen LogP contribution in [0.25, 0.3) is 0 Å². The van der Waals surface area contributed by atoms with Crippen molar-refractivity contribution < 1.29 is 14.0 Å². The normalized spacial score (nSPS) is 16.2. The molecule has 25 heavy (non-hydrogen) atoms. The van der Waals surface area contributed by atoms with Crippen LogP contribution in [0.1, 0.15) is 49.5 Å². The number of furan rings is 1. The third-order valence-corrected chi connectivity index (χ3v) is 4.59. The first kappa shape index (κ1) is 17.2. The number of carbonyl (C=O) groups excluding carboxylic acids is 2. The molecular weight excluding hydrogens is 318 g/mol. The summed E-state index contributed by atoms with van der Waals surface area (Å²) in [5, 5.41) is 3.11. The van der Waals surface area contributed by atoms with E-state index in [0.717, 1.165) is 25.7 Å². The molecule has 1 aliphatic rings. The topological polar surface area (TPSA) is 75.4 Å². The van der Waals surface area contributed by atoms with E-state index in [-0.39, 0.29) is 18.5 Å². The average molecular weight is 341 g/mol. The van der Waals surface area contributed by atoms with Crippen LogP contribution in [-0.4, -0.2) is 28.2 Å². The van der Waals surface area contributed by atoms with Crippen molar-refractivity contribution in [2.75, 3.05) is 0 Å². The fourth-order valence-electron chi connectivity index (χ4n) is 3.33. The van der Waals surface area contributed by atoms with Gasteiger partial charge in [-0.3, -0.25) is 14.6 Å². The quantitative estimate of drug-likeness (QED) is 0.786. The molecule has 1 fully saturated rings. The van der Waals surface area contributed by atoms with Gasteiger partial charge in [-0.05, 0) is 31.0 Å². The summed E-state index contributed by atoms with van der Waals surface area (Å²) < 4.78 is 5.33. The first-order valence-corrected chi connectivity index (χ1v) is 8.71. The highest BCUT2D eigenvalue weighted by Gasteiger charge is 2.29. The van der Waals surface area contributed by atoms with Crippen LogP contribution in [-0.2, 0) is 16.1 Å². The molecule has 3 rings (SSSR count). The van der Waals surface area contributed by atoms with Gasteiger partial charge < -0.3 is 14.6 Å². The van der Waals surface area contributed by atoms with Crippen LogP contribution in [0.3, 0.4) is 0 Å². The molecule has 0 aliphatic heterocycles. The summed E-state index contributed by atoms with van der Waals surface area (Å²) in [7, 11) is 0. The molecule has 2 aromatic rings. The van der Waals surface area contributed by atoms with Crippen molar-refractivity contribution in [1.29, 1.82) is 0 Å². The van der Waals surface area contributed by atoms with Gasteiger partial charge in [0.15, 0.2) is 0 Å². The maximum atomic E-state index is 13.0. The van der Waals surface area contributed by atoms with E-state index in [1.165, 1.54) is 11.3 Å². The van der Waals surface area contributed by atoms with Gasteiger partial charge in [-0.25, -0.2) is 0 Å². The van der Waals surface area contributed by atoms with E-state index in [9.17, 15) is 9.59 Å². The second-order valence-corrected chi connectivity index (χ2v) is 6.39. The Morgan fingerprint density at radius 2 is 2.16 bits per heavy atom. The van der Waals surface area contributed by atoms with Crippen LogP contribution in [0.5, 0.6) is 0 Å². The van der Waals surface area contributed by atoms with Gasteiger partial charge in [0.05, 0.1) is 12.8 Å². The lowest BCUT2D eigenvalue weighted by Gasteiger charge is -2.30. The molecule has 0 radical (unpaired) electrons. The summed E-state index contributed by atoms with van der Waals surface area (Å²) in [6, 6.07) is 6.59. The van der Waals surface area contributed by atoms with Crippen molar-refractivity contribution in [2.24, 2.45) is 0 Å². The van der Waals surface area contributed by atoms with Gasteiger partial charge in [-0.1, -0.05) is 25.3 Å². The lowest BCUT2D eigenvalue weighted by atomic mass is 9.95. The average Bonchev–Trinajstić information content (AvgIpc) is 3.16. The van der Waals surface area contributed by atoms with Crippen LogP contribution in [0.15, 0.2) is 47.3 Å². The molecule has 1 N–H and O–H groups in total. The molecule has 1 saturated carbocycles. The number of amides is 2. The predicted molar refractivity (Wildman–Crippen MR) is 92.3 cm³/mol. The van der Waals surface area contributed by atoms with Crippen molar-refractivity contribution in [3.8, 4) is 0 Å². The molecule has 0 saturated heterocycles. The standard InChI is InChI=1S/C19H23N3O3/c23-14-22(13-17-9-5-11-25-17)18(15-6-4-10-20-12-15)19(24)21-16-7-2-1-3-8-16/h4-6,9-12,14,16,18H,1-3,7-8,13H2,(H,21,24). The Morgan fingerprint density at radius 1 is 1.32 bits per heavy atom. The van der Waals surface area contributed by atoms with Crippen LogP contribution in [0.2, 0.25) is 0 Å². The van der Waals surface area contributed by atoms with Gasteiger partial charge >= 0.3 is 0 Å². The minimum atomic E-state index is -0.724. The highest BCUT2D eigenvalue weighted by atomic mass is 16.3. The molecule has 6 nitrogen and oxygen atoms in total.